The Bertz CT molecular complexity index is 1150. The average Bonchev–Trinajstić information content (AvgIpc) is 3.16. The number of anilines is 1. The first-order chi connectivity index (χ1) is 15.7. The summed E-state index contributed by atoms with van der Waals surface area (Å²) in [6.07, 6.45) is 7.35. The first kappa shape index (κ1) is 22.5. The second kappa shape index (κ2) is 9.05. The van der Waals surface area contributed by atoms with Crippen molar-refractivity contribution in [3.8, 4) is 11.3 Å². The zero-order valence-corrected chi connectivity index (χ0v) is 19.0. The fourth-order valence-electron chi connectivity index (χ4n) is 4.09. The molecule has 10 heteroatoms. The number of nitrogens with zero attached hydrogens (tertiary/aromatic N) is 4. The number of amides is 2. The van der Waals surface area contributed by atoms with Crippen LogP contribution >= 0.6 is 0 Å². The number of nitrogens with two attached hydrogens (primary N) is 1. The van der Waals surface area contributed by atoms with E-state index >= 15 is 0 Å². The van der Waals surface area contributed by atoms with E-state index in [4.69, 9.17) is 10.5 Å². The second-order valence-corrected chi connectivity index (χ2v) is 9.25. The molecule has 33 heavy (non-hydrogen) atoms. The van der Waals surface area contributed by atoms with Crippen molar-refractivity contribution in [3.63, 3.8) is 0 Å². The molecule has 1 fully saturated rings. The minimum absolute atomic E-state index is 0.000586. The van der Waals surface area contributed by atoms with E-state index in [9.17, 15) is 9.59 Å². The highest BCUT2D eigenvalue weighted by Crippen LogP contribution is 2.28. The summed E-state index contributed by atoms with van der Waals surface area (Å²) in [6, 6.07) is 5.51. The summed E-state index contributed by atoms with van der Waals surface area (Å²) >= 11 is 0. The van der Waals surface area contributed by atoms with Gasteiger partial charge in [-0.1, -0.05) is 0 Å². The van der Waals surface area contributed by atoms with E-state index < -0.39 is 11.7 Å². The Morgan fingerprint density at radius 1 is 1.09 bits per heavy atom. The van der Waals surface area contributed by atoms with Crippen LogP contribution in [0.1, 0.15) is 56.8 Å². The van der Waals surface area contributed by atoms with Crippen molar-refractivity contribution in [2.75, 3.05) is 5.73 Å². The van der Waals surface area contributed by atoms with Crippen LogP contribution in [0, 0.1) is 0 Å². The van der Waals surface area contributed by atoms with Crippen LogP contribution in [-0.2, 0) is 4.74 Å². The van der Waals surface area contributed by atoms with Crippen molar-refractivity contribution in [3.05, 3.63) is 42.5 Å². The topological polar surface area (TPSA) is 137 Å². The third-order valence-corrected chi connectivity index (χ3v) is 5.59. The quantitative estimate of drug-likeness (QED) is 0.555. The Balaban J connectivity index is 1.45. The number of carbonyl (C=O) groups excluding carboxylic acids is 2. The maximum atomic E-state index is 13.2. The molecule has 0 aliphatic heterocycles. The lowest BCUT2D eigenvalue weighted by Crippen LogP contribution is -2.45. The van der Waals surface area contributed by atoms with Gasteiger partial charge in [0.05, 0.1) is 11.3 Å². The summed E-state index contributed by atoms with van der Waals surface area (Å²) < 4.78 is 6.96. The molecule has 1 aliphatic carbocycles. The molecule has 0 atom stereocenters. The summed E-state index contributed by atoms with van der Waals surface area (Å²) in [4.78, 5) is 33.3. The number of nitrogen functional groups attached to an aromatic ring is 1. The van der Waals surface area contributed by atoms with Gasteiger partial charge >= 0.3 is 6.09 Å². The molecule has 10 nitrogen and oxygen atoms in total. The molecule has 0 spiro atoms. The average molecular weight is 452 g/mol. The highest BCUT2D eigenvalue weighted by atomic mass is 16.6. The number of pyridine rings is 1. The van der Waals surface area contributed by atoms with E-state index in [1.165, 1.54) is 6.33 Å². The monoisotopic (exact) mass is 451 g/mol. The van der Waals surface area contributed by atoms with Gasteiger partial charge < -0.3 is 21.1 Å². The Morgan fingerprint density at radius 2 is 1.73 bits per heavy atom. The number of aromatic nitrogens is 4. The number of fused-ring (bicyclic) bond motifs is 1. The van der Waals surface area contributed by atoms with Crippen LogP contribution in [0.4, 0.5) is 10.6 Å². The van der Waals surface area contributed by atoms with E-state index in [-0.39, 0.29) is 23.8 Å². The van der Waals surface area contributed by atoms with Crippen LogP contribution in [0.25, 0.3) is 16.8 Å². The standard InChI is InChI=1S/C23H29N7O3/c1-23(2,3)33-22(32)29-16-6-4-15(5-7-16)28-21(31)17-12-18(14-8-10-25-11-9-14)30-19(17)20(24)26-13-27-30/h8-13,15-16H,4-7H2,1-3H3,(H,28,31)(H,29,32)(H2,24,26,27). The third kappa shape index (κ3) is 5.21. The van der Waals surface area contributed by atoms with Crippen LogP contribution in [0.2, 0.25) is 0 Å². The van der Waals surface area contributed by atoms with Gasteiger partial charge in [0.15, 0.2) is 5.82 Å². The van der Waals surface area contributed by atoms with Crippen molar-refractivity contribution < 1.29 is 14.3 Å². The zero-order valence-electron chi connectivity index (χ0n) is 19.0. The number of carbonyl (C=O) groups is 2. The Morgan fingerprint density at radius 3 is 2.36 bits per heavy atom. The van der Waals surface area contributed by atoms with Gasteiger partial charge in [-0.05, 0) is 64.7 Å². The molecule has 4 N–H and O–H groups in total. The highest BCUT2D eigenvalue weighted by Gasteiger charge is 2.27. The van der Waals surface area contributed by atoms with Crippen molar-refractivity contribution in [1.82, 2.24) is 30.2 Å². The molecule has 3 aromatic heterocycles. The van der Waals surface area contributed by atoms with Gasteiger partial charge in [-0.15, -0.1) is 0 Å². The lowest BCUT2D eigenvalue weighted by Gasteiger charge is -2.30. The van der Waals surface area contributed by atoms with Crippen LogP contribution in [-0.4, -0.2) is 49.3 Å². The van der Waals surface area contributed by atoms with Crippen LogP contribution in [0.15, 0.2) is 36.9 Å². The van der Waals surface area contributed by atoms with Crippen molar-refractivity contribution in [2.45, 2.75) is 64.1 Å². The van der Waals surface area contributed by atoms with Crippen LogP contribution in [0.3, 0.4) is 0 Å². The van der Waals surface area contributed by atoms with Gasteiger partial charge in [-0.3, -0.25) is 9.78 Å². The fourth-order valence-corrected chi connectivity index (χ4v) is 4.09. The molecule has 4 rings (SSSR count). The highest BCUT2D eigenvalue weighted by molar-refractivity contribution is 6.05. The van der Waals surface area contributed by atoms with Gasteiger partial charge in [0.25, 0.3) is 5.91 Å². The van der Waals surface area contributed by atoms with Gasteiger partial charge in [0.2, 0.25) is 0 Å². The molecule has 0 aromatic carbocycles. The lowest BCUT2D eigenvalue weighted by molar-refractivity contribution is 0.0488. The summed E-state index contributed by atoms with van der Waals surface area (Å²) in [6.45, 7) is 5.51. The molecule has 174 valence electrons. The number of rotatable bonds is 4. The minimum atomic E-state index is -0.531. The molecular formula is C23H29N7O3. The number of hydrogen-bond acceptors (Lipinski definition) is 7. The predicted molar refractivity (Wildman–Crippen MR) is 124 cm³/mol. The lowest BCUT2D eigenvalue weighted by atomic mass is 9.91. The van der Waals surface area contributed by atoms with Crippen LogP contribution < -0.4 is 16.4 Å². The van der Waals surface area contributed by atoms with Crippen molar-refractivity contribution >= 4 is 23.3 Å². The van der Waals surface area contributed by atoms with Gasteiger partial charge in [-0.25, -0.2) is 14.3 Å². The molecule has 0 unspecified atom stereocenters. The summed E-state index contributed by atoms with van der Waals surface area (Å²) in [5.41, 5.74) is 8.08. The van der Waals surface area contributed by atoms with E-state index in [1.54, 1.807) is 23.0 Å². The number of hydrogen-bond donors (Lipinski definition) is 3. The Labute approximate surface area is 191 Å². The van der Waals surface area contributed by atoms with Gasteiger partial charge in [0, 0.05) is 30.0 Å². The zero-order chi connectivity index (χ0) is 23.6. The molecule has 0 bridgehead atoms. The molecule has 3 aromatic rings. The largest absolute Gasteiger partial charge is 0.444 e. The summed E-state index contributed by atoms with van der Waals surface area (Å²) in [7, 11) is 0. The molecule has 1 aliphatic rings. The molecule has 0 radical (unpaired) electrons. The molecule has 3 heterocycles. The number of ether oxygens (including phenoxy) is 1. The molecule has 1 saturated carbocycles. The predicted octanol–water partition coefficient (Wildman–Crippen LogP) is 2.94. The van der Waals surface area contributed by atoms with E-state index in [0.717, 1.165) is 36.9 Å². The normalized spacial score (nSPS) is 18.6. The van der Waals surface area contributed by atoms with E-state index in [2.05, 4.69) is 25.7 Å². The molecule has 2 amide bonds. The second-order valence-electron chi connectivity index (χ2n) is 9.25. The van der Waals surface area contributed by atoms with Crippen molar-refractivity contribution in [2.24, 2.45) is 0 Å². The first-order valence-electron chi connectivity index (χ1n) is 11.0. The minimum Gasteiger partial charge on any atom is -0.444 e. The van der Waals surface area contributed by atoms with E-state index in [1.807, 2.05) is 32.9 Å². The first-order valence-corrected chi connectivity index (χ1v) is 11.0. The third-order valence-electron chi connectivity index (χ3n) is 5.59. The Hall–Kier alpha value is -3.69. The SMILES string of the molecule is CC(C)(C)OC(=O)NC1CCC(NC(=O)c2cc(-c3ccncc3)n3ncnc(N)c23)CC1. The van der Waals surface area contributed by atoms with Crippen LogP contribution in [0.5, 0.6) is 0 Å². The summed E-state index contributed by atoms with van der Waals surface area (Å²) in [5, 5.41) is 10.3. The molecular weight excluding hydrogens is 422 g/mol. The summed E-state index contributed by atoms with van der Waals surface area (Å²) in [5.74, 6) is 0.0126. The van der Waals surface area contributed by atoms with E-state index in [0.29, 0.717) is 11.1 Å². The number of alkyl carbamates (subject to hydrolysis) is 1. The fraction of sp³-hybridized carbons (Fsp3) is 0.435. The maximum absolute atomic E-state index is 13.2. The maximum Gasteiger partial charge on any atom is 0.407 e. The number of nitrogens with one attached hydrogen (secondary N) is 2. The van der Waals surface area contributed by atoms with Gasteiger partial charge in [-0.2, -0.15) is 5.10 Å². The van der Waals surface area contributed by atoms with Gasteiger partial charge in [0.1, 0.15) is 17.4 Å². The Kier molecular flexibility index (Phi) is 6.17. The smallest absolute Gasteiger partial charge is 0.407 e. The van der Waals surface area contributed by atoms with Crippen molar-refractivity contribution in [1.29, 1.82) is 0 Å². The molecule has 0 saturated heterocycles.